The summed E-state index contributed by atoms with van der Waals surface area (Å²) in [5, 5.41) is 9.28. The van der Waals surface area contributed by atoms with Gasteiger partial charge in [-0.3, -0.25) is 9.88 Å². The molecule has 0 radical (unpaired) electrons. The lowest BCUT2D eigenvalue weighted by Crippen LogP contribution is -2.31. The summed E-state index contributed by atoms with van der Waals surface area (Å²) in [6.45, 7) is 2.25. The minimum absolute atomic E-state index is 0.151. The van der Waals surface area contributed by atoms with E-state index in [4.69, 9.17) is 0 Å². The molecule has 6 nitrogen and oxygen atoms in total. The van der Waals surface area contributed by atoms with Crippen LogP contribution in [0.3, 0.4) is 0 Å². The van der Waals surface area contributed by atoms with E-state index in [0.29, 0.717) is 12.4 Å². The normalized spacial score (nSPS) is 15.2. The molecule has 3 heterocycles. The molecule has 0 spiro atoms. The van der Waals surface area contributed by atoms with Crippen LogP contribution in [0.2, 0.25) is 0 Å². The molecule has 0 bridgehead atoms. The van der Waals surface area contributed by atoms with Crippen molar-refractivity contribution < 1.29 is 9.90 Å². The minimum Gasteiger partial charge on any atom is -0.476 e. The lowest BCUT2D eigenvalue weighted by Gasteiger charge is -2.25. The molecule has 0 unspecified atom stereocenters. The smallest absolute Gasteiger partial charge is 0.356 e. The molecule has 0 amide bonds. The first-order chi connectivity index (χ1) is 9.16. The van der Waals surface area contributed by atoms with Crippen molar-refractivity contribution in [2.75, 3.05) is 13.6 Å². The van der Waals surface area contributed by atoms with Gasteiger partial charge >= 0.3 is 5.97 Å². The topological polar surface area (TPSA) is 71.2 Å². The van der Waals surface area contributed by atoms with E-state index in [2.05, 4.69) is 14.9 Å². The number of imidazole rings is 1. The van der Waals surface area contributed by atoms with E-state index in [-0.39, 0.29) is 5.69 Å². The number of hydrogen-bond acceptors (Lipinski definition) is 4. The summed E-state index contributed by atoms with van der Waals surface area (Å²) in [4.78, 5) is 21.7. The second-order valence-electron chi connectivity index (χ2n) is 4.66. The van der Waals surface area contributed by atoms with Crippen LogP contribution in [0, 0.1) is 0 Å². The van der Waals surface area contributed by atoms with Crippen molar-refractivity contribution in [1.29, 1.82) is 0 Å². The Morgan fingerprint density at radius 3 is 2.74 bits per heavy atom. The Bertz CT molecular complexity index is 621. The molecule has 2 aromatic heterocycles. The highest BCUT2D eigenvalue weighted by molar-refractivity contribution is 5.88. The van der Waals surface area contributed by atoms with Gasteiger partial charge < -0.3 is 9.67 Å². The SMILES string of the molecule is CN1CCn2c(-c3ccncc3)nc(C(=O)O)c2C1. The first-order valence-electron chi connectivity index (χ1n) is 6.08. The Labute approximate surface area is 110 Å². The van der Waals surface area contributed by atoms with Crippen molar-refractivity contribution in [1.82, 2.24) is 19.4 Å². The van der Waals surface area contributed by atoms with Gasteiger partial charge in [-0.15, -0.1) is 0 Å². The Kier molecular flexibility index (Phi) is 2.79. The maximum atomic E-state index is 11.3. The average molecular weight is 258 g/mol. The number of carboxylic acid groups (broad SMARTS) is 1. The first-order valence-corrected chi connectivity index (χ1v) is 6.08. The Balaban J connectivity index is 2.17. The predicted octanol–water partition coefficient (Wildman–Crippen LogP) is 1.09. The highest BCUT2D eigenvalue weighted by atomic mass is 16.4. The molecule has 0 aromatic carbocycles. The predicted molar refractivity (Wildman–Crippen MR) is 68.8 cm³/mol. The molecule has 3 rings (SSSR count). The van der Waals surface area contributed by atoms with Gasteiger partial charge in [0, 0.05) is 37.6 Å². The van der Waals surface area contributed by atoms with Crippen LogP contribution in [0.4, 0.5) is 0 Å². The highest BCUT2D eigenvalue weighted by Gasteiger charge is 2.26. The number of carbonyl (C=O) groups is 1. The van der Waals surface area contributed by atoms with Crippen molar-refractivity contribution in [2.24, 2.45) is 0 Å². The summed E-state index contributed by atoms with van der Waals surface area (Å²) in [5.41, 5.74) is 1.82. The fraction of sp³-hybridized carbons (Fsp3) is 0.308. The molecule has 0 aliphatic carbocycles. The third-order valence-electron chi connectivity index (χ3n) is 3.34. The van der Waals surface area contributed by atoms with E-state index in [1.54, 1.807) is 12.4 Å². The number of likely N-dealkylation sites (N-methyl/N-ethyl adjacent to an activating group) is 1. The minimum atomic E-state index is -0.973. The molecule has 0 saturated carbocycles. The highest BCUT2D eigenvalue weighted by Crippen LogP contribution is 2.25. The van der Waals surface area contributed by atoms with Gasteiger partial charge in [-0.05, 0) is 19.2 Å². The zero-order valence-corrected chi connectivity index (χ0v) is 10.6. The van der Waals surface area contributed by atoms with Crippen LogP contribution >= 0.6 is 0 Å². The van der Waals surface area contributed by atoms with Gasteiger partial charge in [0.05, 0.1) is 5.69 Å². The molecule has 2 aromatic rings. The molecular formula is C13H14N4O2. The van der Waals surface area contributed by atoms with Crippen LogP contribution in [0.25, 0.3) is 11.4 Å². The van der Waals surface area contributed by atoms with E-state index < -0.39 is 5.97 Å². The molecular weight excluding hydrogens is 244 g/mol. The van der Waals surface area contributed by atoms with Gasteiger partial charge in [-0.1, -0.05) is 0 Å². The van der Waals surface area contributed by atoms with E-state index in [1.807, 2.05) is 23.7 Å². The van der Waals surface area contributed by atoms with E-state index in [9.17, 15) is 9.90 Å². The number of pyridine rings is 1. The van der Waals surface area contributed by atoms with Crippen molar-refractivity contribution >= 4 is 5.97 Å². The fourth-order valence-corrected chi connectivity index (χ4v) is 2.39. The maximum absolute atomic E-state index is 11.3. The van der Waals surface area contributed by atoms with Crippen molar-refractivity contribution in [2.45, 2.75) is 13.1 Å². The quantitative estimate of drug-likeness (QED) is 0.873. The van der Waals surface area contributed by atoms with Crippen LogP contribution in [0.15, 0.2) is 24.5 Å². The number of aromatic nitrogens is 3. The zero-order chi connectivity index (χ0) is 13.4. The Morgan fingerprint density at radius 1 is 1.32 bits per heavy atom. The van der Waals surface area contributed by atoms with Crippen LogP contribution in [-0.4, -0.2) is 44.1 Å². The molecule has 19 heavy (non-hydrogen) atoms. The molecule has 1 aliphatic rings. The van der Waals surface area contributed by atoms with Crippen LogP contribution in [0.5, 0.6) is 0 Å². The lowest BCUT2D eigenvalue weighted by atomic mass is 10.2. The monoisotopic (exact) mass is 258 g/mol. The van der Waals surface area contributed by atoms with Crippen LogP contribution in [-0.2, 0) is 13.1 Å². The van der Waals surface area contributed by atoms with Gasteiger partial charge in [-0.2, -0.15) is 0 Å². The van der Waals surface area contributed by atoms with Gasteiger partial charge in [0.25, 0.3) is 0 Å². The zero-order valence-electron chi connectivity index (χ0n) is 10.6. The number of nitrogens with zero attached hydrogens (tertiary/aromatic N) is 4. The average Bonchev–Trinajstić information content (AvgIpc) is 2.78. The standard InChI is InChI=1S/C13H14N4O2/c1-16-6-7-17-10(8-16)11(13(18)19)15-12(17)9-2-4-14-5-3-9/h2-5H,6-8H2,1H3,(H,18,19). The first kappa shape index (κ1) is 11.9. The number of rotatable bonds is 2. The second kappa shape index (κ2) is 4.47. The number of carboxylic acids is 1. The van der Waals surface area contributed by atoms with Crippen molar-refractivity contribution in [3.05, 3.63) is 35.9 Å². The summed E-state index contributed by atoms with van der Waals surface area (Å²) >= 11 is 0. The molecule has 0 saturated heterocycles. The summed E-state index contributed by atoms with van der Waals surface area (Å²) in [6, 6.07) is 3.69. The van der Waals surface area contributed by atoms with Crippen molar-refractivity contribution in [3.8, 4) is 11.4 Å². The summed E-state index contributed by atoms with van der Waals surface area (Å²) in [7, 11) is 1.98. The van der Waals surface area contributed by atoms with Crippen molar-refractivity contribution in [3.63, 3.8) is 0 Å². The maximum Gasteiger partial charge on any atom is 0.356 e. The lowest BCUT2D eigenvalue weighted by molar-refractivity contribution is 0.0687. The van der Waals surface area contributed by atoms with Gasteiger partial charge in [0.1, 0.15) is 5.82 Å². The van der Waals surface area contributed by atoms with E-state index >= 15 is 0 Å². The van der Waals surface area contributed by atoms with Gasteiger partial charge in [0.15, 0.2) is 5.69 Å². The molecule has 1 aliphatic heterocycles. The molecule has 0 fully saturated rings. The van der Waals surface area contributed by atoms with Gasteiger partial charge in [0.2, 0.25) is 0 Å². The Hall–Kier alpha value is -2.21. The molecule has 0 atom stereocenters. The van der Waals surface area contributed by atoms with E-state index in [1.165, 1.54) is 0 Å². The van der Waals surface area contributed by atoms with Gasteiger partial charge in [-0.25, -0.2) is 9.78 Å². The van der Waals surface area contributed by atoms with Crippen LogP contribution in [0.1, 0.15) is 16.2 Å². The number of aromatic carboxylic acids is 1. The second-order valence-corrected chi connectivity index (χ2v) is 4.66. The Morgan fingerprint density at radius 2 is 2.05 bits per heavy atom. The number of fused-ring (bicyclic) bond motifs is 1. The fourth-order valence-electron chi connectivity index (χ4n) is 2.39. The largest absolute Gasteiger partial charge is 0.476 e. The van der Waals surface area contributed by atoms with Crippen LogP contribution < -0.4 is 0 Å². The number of hydrogen-bond donors (Lipinski definition) is 1. The summed E-state index contributed by atoms with van der Waals surface area (Å²) < 4.78 is 2.00. The molecule has 6 heteroatoms. The molecule has 98 valence electrons. The summed E-state index contributed by atoms with van der Waals surface area (Å²) in [5.74, 6) is -0.262. The molecule has 1 N–H and O–H groups in total. The third kappa shape index (κ3) is 2.00. The summed E-state index contributed by atoms with van der Waals surface area (Å²) in [6.07, 6.45) is 3.37. The third-order valence-corrected chi connectivity index (χ3v) is 3.34. The van der Waals surface area contributed by atoms with E-state index in [0.717, 1.165) is 24.3 Å².